The lowest BCUT2D eigenvalue weighted by molar-refractivity contribution is -0.124. The Labute approximate surface area is 141 Å². The molecular weight excluding hydrogens is 306 g/mol. The van der Waals surface area contributed by atoms with Crippen LogP contribution < -0.4 is 15.6 Å². The molecule has 1 amide bonds. The maximum absolute atomic E-state index is 12.2. The normalized spacial score (nSPS) is 12.0. The molecular formula is C18H23N3O3. The molecule has 0 radical (unpaired) electrons. The van der Waals surface area contributed by atoms with Gasteiger partial charge in [0.1, 0.15) is 11.8 Å². The van der Waals surface area contributed by atoms with E-state index in [1.54, 1.807) is 20.1 Å². The summed E-state index contributed by atoms with van der Waals surface area (Å²) in [5.41, 5.74) is 1.17. The predicted octanol–water partition coefficient (Wildman–Crippen LogP) is 2.25. The SMILES string of the molecule is COc1ccc(-c2ccc(=O)n(C(C)C(=O)NCC(C)C)n2)cc1. The van der Waals surface area contributed by atoms with Gasteiger partial charge in [-0.2, -0.15) is 5.10 Å². The van der Waals surface area contributed by atoms with Crippen molar-refractivity contribution >= 4 is 5.91 Å². The van der Waals surface area contributed by atoms with Crippen LogP contribution in [-0.2, 0) is 4.79 Å². The average Bonchev–Trinajstić information content (AvgIpc) is 2.59. The Morgan fingerprint density at radius 3 is 2.42 bits per heavy atom. The Kier molecular flexibility index (Phi) is 5.73. The van der Waals surface area contributed by atoms with Crippen LogP contribution in [0.2, 0.25) is 0 Å². The number of nitrogens with one attached hydrogen (secondary N) is 1. The summed E-state index contributed by atoms with van der Waals surface area (Å²) >= 11 is 0. The van der Waals surface area contributed by atoms with E-state index >= 15 is 0 Å². The Morgan fingerprint density at radius 1 is 1.17 bits per heavy atom. The van der Waals surface area contributed by atoms with Crippen molar-refractivity contribution in [2.75, 3.05) is 13.7 Å². The first kappa shape index (κ1) is 17.7. The van der Waals surface area contributed by atoms with Crippen molar-refractivity contribution in [2.45, 2.75) is 26.8 Å². The molecule has 2 rings (SSSR count). The van der Waals surface area contributed by atoms with Crippen molar-refractivity contribution in [3.05, 3.63) is 46.8 Å². The van der Waals surface area contributed by atoms with Crippen molar-refractivity contribution in [3.63, 3.8) is 0 Å². The van der Waals surface area contributed by atoms with Crippen LogP contribution in [0.5, 0.6) is 5.75 Å². The maximum atomic E-state index is 12.2. The van der Waals surface area contributed by atoms with Crippen LogP contribution in [0.15, 0.2) is 41.2 Å². The van der Waals surface area contributed by atoms with Gasteiger partial charge in [-0.05, 0) is 43.2 Å². The molecule has 2 aromatic rings. The van der Waals surface area contributed by atoms with E-state index in [0.717, 1.165) is 11.3 Å². The molecule has 0 bridgehead atoms. The van der Waals surface area contributed by atoms with E-state index in [-0.39, 0.29) is 11.5 Å². The minimum atomic E-state index is -0.672. The minimum absolute atomic E-state index is 0.217. The van der Waals surface area contributed by atoms with Crippen LogP contribution in [0.3, 0.4) is 0 Å². The van der Waals surface area contributed by atoms with E-state index in [2.05, 4.69) is 10.4 Å². The van der Waals surface area contributed by atoms with Gasteiger partial charge in [0.25, 0.3) is 5.56 Å². The smallest absolute Gasteiger partial charge is 0.267 e. The van der Waals surface area contributed by atoms with Gasteiger partial charge in [0.15, 0.2) is 0 Å². The van der Waals surface area contributed by atoms with Crippen molar-refractivity contribution in [2.24, 2.45) is 5.92 Å². The first-order chi connectivity index (χ1) is 11.4. The third-order valence-electron chi connectivity index (χ3n) is 3.64. The van der Waals surface area contributed by atoms with Crippen LogP contribution in [0, 0.1) is 5.92 Å². The van der Waals surface area contributed by atoms with Crippen LogP contribution in [-0.4, -0.2) is 29.3 Å². The molecule has 1 aromatic heterocycles. The Balaban J connectivity index is 2.27. The lowest BCUT2D eigenvalue weighted by atomic mass is 10.1. The summed E-state index contributed by atoms with van der Waals surface area (Å²) in [5, 5.41) is 7.18. The Morgan fingerprint density at radius 2 is 1.83 bits per heavy atom. The first-order valence-corrected chi connectivity index (χ1v) is 7.94. The fraction of sp³-hybridized carbons (Fsp3) is 0.389. The molecule has 0 aliphatic heterocycles. The highest BCUT2D eigenvalue weighted by Crippen LogP contribution is 2.20. The largest absolute Gasteiger partial charge is 0.497 e. The van der Waals surface area contributed by atoms with Gasteiger partial charge in [0, 0.05) is 18.2 Å². The second kappa shape index (κ2) is 7.77. The lowest BCUT2D eigenvalue weighted by Gasteiger charge is -2.16. The van der Waals surface area contributed by atoms with Gasteiger partial charge >= 0.3 is 0 Å². The van der Waals surface area contributed by atoms with Gasteiger partial charge in [-0.3, -0.25) is 9.59 Å². The number of hydrogen-bond donors (Lipinski definition) is 1. The molecule has 24 heavy (non-hydrogen) atoms. The van der Waals surface area contributed by atoms with E-state index in [4.69, 9.17) is 4.74 Å². The number of amides is 1. The third kappa shape index (κ3) is 4.22. The van der Waals surface area contributed by atoms with E-state index in [1.165, 1.54) is 10.7 Å². The fourth-order valence-corrected chi connectivity index (χ4v) is 2.18. The van der Waals surface area contributed by atoms with E-state index in [9.17, 15) is 9.59 Å². The summed E-state index contributed by atoms with van der Waals surface area (Å²) in [7, 11) is 1.60. The number of aromatic nitrogens is 2. The lowest BCUT2D eigenvalue weighted by Crippen LogP contribution is -2.38. The third-order valence-corrected chi connectivity index (χ3v) is 3.64. The molecule has 6 nitrogen and oxygen atoms in total. The first-order valence-electron chi connectivity index (χ1n) is 7.94. The van der Waals surface area contributed by atoms with E-state index in [1.807, 2.05) is 38.1 Å². The minimum Gasteiger partial charge on any atom is -0.497 e. The summed E-state index contributed by atoms with van der Waals surface area (Å²) in [4.78, 5) is 24.3. The van der Waals surface area contributed by atoms with Gasteiger partial charge in [0.2, 0.25) is 5.91 Å². The molecule has 0 saturated carbocycles. The summed E-state index contributed by atoms with van der Waals surface area (Å²) in [6, 6.07) is 9.78. The van der Waals surface area contributed by atoms with Gasteiger partial charge in [0.05, 0.1) is 12.8 Å². The van der Waals surface area contributed by atoms with Crippen molar-refractivity contribution in [1.29, 1.82) is 0 Å². The monoisotopic (exact) mass is 329 g/mol. The van der Waals surface area contributed by atoms with Crippen LogP contribution in [0.25, 0.3) is 11.3 Å². The van der Waals surface area contributed by atoms with E-state index in [0.29, 0.717) is 18.2 Å². The second-order valence-electron chi connectivity index (χ2n) is 6.04. The fourth-order valence-electron chi connectivity index (χ4n) is 2.18. The molecule has 1 heterocycles. The number of rotatable bonds is 6. The molecule has 1 aromatic carbocycles. The summed E-state index contributed by atoms with van der Waals surface area (Å²) < 4.78 is 6.35. The van der Waals surface area contributed by atoms with Gasteiger partial charge in [-0.25, -0.2) is 4.68 Å². The summed E-state index contributed by atoms with van der Waals surface area (Å²) in [6.45, 7) is 6.26. The van der Waals surface area contributed by atoms with Gasteiger partial charge < -0.3 is 10.1 Å². The number of carbonyl (C=O) groups excluding carboxylic acids is 1. The molecule has 1 atom stereocenters. The van der Waals surface area contributed by atoms with Gasteiger partial charge in [-0.15, -0.1) is 0 Å². The molecule has 0 saturated heterocycles. The number of ether oxygens (including phenoxy) is 1. The number of methoxy groups -OCH3 is 1. The zero-order valence-corrected chi connectivity index (χ0v) is 14.4. The quantitative estimate of drug-likeness (QED) is 0.882. The molecule has 0 spiro atoms. The highest BCUT2D eigenvalue weighted by Gasteiger charge is 2.18. The van der Waals surface area contributed by atoms with Crippen molar-refractivity contribution in [1.82, 2.24) is 15.1 Å². The van der Waals surface area contributed by atoms with Gasteiger partial charge in [-0.1, -0.05) is 13.8 Å². The topological polar surface area (TPSA) is 73.2 Å². The molecule has 0 fully saturated rings. The Bertz CT molecular complexity index is 751. The molecule has 128 valence electrons. The van der Waals surface area contributed by atoms with Crippen LogP contribution >= 0.6 is 0 Å². The molecule has 0 aliphatic carbocycles. The highest BCUT2D eigenvalue weighted by molar-refractivity contribution is 5.79. The zero-order valence-electron chi connectivity index (χ0n) is 14.4. The number of benzene rings is 1. The molecule has 1 unspecified atom stereocenters. The Hall–Kier alpha value is -2.63. The summed E-state index contributed by atoms with van der Waals surface area (Å²) in [6.07, 6.45) is 0. The molecule has 6 heteroatoms. The number of nitrogens with zero attached hydrogens (tertiary/aromatic N) is 2. The van der Waals surface area contributed by atoms with Crippen LogP contribution in [0.4, 0.5) is 0 Å². The van der Waals surface area contributed by atoms with Crippen LogP contribution in [0.1, 0.15) is 26.8 Å². The standard InChI is InChI=1S/C18H23N3O3/c1-12(2)11-19-18(23)13(3)21-17(22)10-9-16(20-21)14-5-7-15(24-4)8-6-14/h5-10,12-13H,11H2,1-4H3,(H,19,23). The van der Waals surface area contributed by atoms with Crippen molar-refractivity contribution in [3.8, 4) is 17.0 Å². The molecule has 1 N–H and O–H groups in total. The van der Waals surface area contributed by atoms with E-state index < -0.39 is 6.04 Å². The summed E-state index contributed by atoms with van der Waals surface area (Å²) in [5.74, 6) is 0.871. The van der Waals surface area contributed by atoms with Crippen molar-refractivity contribution < 1.29 is 9.53 Å². The molecule has 0 aliphatic rings. The maximum Gasteiger partial charge on any atom is 0.267 e. The predicted molar refractivity (Wildman–Crippen MR) is 93.0 cm³/mol. The average molecular weight is 329 g/mol. The zero-order chi connectivity index (χ0) is 17.7. The number of hydrogen-bond acceptors (Lipinski definition) is 4. The number of carbonyl (C=O) groups is 1. The highest BCUT2D eigenvalue weighted by atomic mass is 16.5. The second-order valence-corrected chi connectivity index (χ2v) is 6.04.